The molecule has 0 aromatic carbocycles. The molecule has 0 spiro atoms. The zero-order valence-electron chi connectivity index (χ0n) is 9.62. The predicted molar refractivity (Wildman–Crippen MR) is 60.5 cm³/mol. The van der Waals surface area contributed by atoms with Crippen LogP contribution in [0, 0.1) is 0 Å². The maximum Gasteiger partial charge on any atom is 0.303 e. The van der Waals surface area contributed by atoms with Crippen LogP contribution in [-0.4, -0.2) is 21.3 Å². The number of aryl methyl sites for hydroxylation is 1. The van der Waals surface area contributed by atoms with Gasteiger partial charge < -0.3 is 5.11 Å². The van der Waals surface area contributed by atoms with Crippen molar-refractivity contribution in [1.29, 1.82) is 0 Å². The number of rotatable bonds is 5. The van der Waals surface area contributed by atoms with Gasteiger partial charge in [-0.25, -0.2) is 0 Å². The van der Waals surface area contributed by atoms with Gasteiger partial charge in [0.1, 0.15) is 0 Å². The highest BCUT2D eigenvalue weighted by atomic mass is 16.4. The van der Waals surface area contributed by atoms with E-state index in [4.69, 9.17) is 5.11 Å². The monoisotopic (exact) mass is 222 g/mol. The summed E-state index contributed by atoms with van der Waals surface area (Å²) in [4.78, 5) is 10.6. The lowest BCUT2D eigenvalue weighted by molar-refractivity contribution is -0.136. The highest BCUT2D eigenvalue weighted by Crippen LogP contribution is 2.38. The number of nitrogens with zero attached hydrogens (tertiary/aromatic N) is 1. The first-order valence-electron chi connectivity index (χ1n) is 6.00. The summed E-state index contributed by atoms with van der Waals surface area (Å²) >= 11 is 0. The summed E-state index contributed by atoms with van der Waals surface area (Å²) in [6, 6.07) is 0. The van der Waals surface area contributed by atoms with Crippen molar-refractivity contribution in [2.24, 2.45) is 0 Å². The second-order valence-corrected chi connectivity index (χ2v) is 4.44. The fourth-order valence-electron chi connectivity index (χ4n) is 2.24. The lowest BCUT2D eigenvalue weighted by Crippen LogP contribution is -2.12. The van der Waals surface area contributed by atoms with E-state index in [1.165, 1.54) is 19.3 Å². The Bertz CT molecular complexity index is 380. The fraction of sp³-hybridized carbons (Fsp3) is 0.667. The SMILES string of the molecule is CCc1[nH]nc(C2CCC2)c1CCC(=O)O. The molecule has 4 nitrogen and oxygen atoms in total. The van der Waals surface area contributed by atoms with Crippen molar-refractivity contribution in [2.45, 2.75) is 51.4 Å². The maximum absolute atomic E-state index is 10.6. The van der Waals surface area contributed by atoms with E-state index in [1.54, 1.807) is 0 Å². The van der Waals surface area contributed by atoms with Crippen molar-refractivity contribution >= 4 is 5.97 Å². The Morgan fingerprint density at radius 2 is 2.31 bits per heavy atom. The minimum Gasteiger partial charge on any atom is -0.481 e. The number of H-pyrrole nitrogens is 1. The van der Waals surface area contributed by atoms with Crippen LogP contribution in [0.1, 0.15) is 55.5 Å². The summed E-state index contributed by atoms with van der Waals surface area (Å²) in [6.07, 6.45) is 5.39. The zero-order chi connectivity index (χ0) is 11.5. The summed E-state index contributed by atoms with van der Waals surface area (Å²) in [5.41, 5.74) is 3.40. The van der Waals surface area contributed by atoms with E-state index >= 15 is 0 Å². The van der Waals surface area contributed by atoms with Crippen molar-refractivity contribution in [3.8, 4) is 0 Å². The Morgan fingerprint density at radius 1 is 1.56 bits per heavy atom. The van der Waals surface area contributed by atoms with Gasteiger partial charge in [-0.05, 0) is 31.2 Å². The Balaban J connectivity index is 2.16. The number of aliphatic carboxylic acids is 1. The van der Waals surface area contributed by atoms with Crippen LogP contribution in [0.3, 0.4) is 0 Å². The third-order valence-electron chi connectivity index (χ3n) is 3.42. The standard InChI is InChI=1S/C12H18N2O2/c1-2-10-9(6-7-11(15)16)12(14-13-10)8-4-3-5-8/h8H,2-7H2,1H3,(H,13,14)(H,15,16). The van der Waals surface area contributed by atoms with Crippen LogP contribution in [0.15, 0.2) is 0 Å². The second kappa shape index (κ2) is 4.68. The Labute approximate surface area is 95.1 Å². The number of hydrogen-bond acceptors (Lipinski definition) is 2. The molecule has 1 aliphatic rings. The van der Waals surface area contributed by atoms with E-state index in [1.807, 2.05) is 0 Å². The van der Waals surface area contributed by atoms with Crippen LogP contribution in [0.5, 0.6) is 0 Å². The molecule has 2 rings (SSSR count). The highest BCUT2D eigenvalue weighted by molar-refractivity contribution is 5.67. The number of nitrogens with one attached hydrogen (secondary N) is 1. The molecular weight excluding hydrogens is 204 g/mol. The van der Waals surface area contributed by atoms with Crippen molar-refractivity contribution in [2.75, 3.05) is 0 Å². The van der Waals surface area contributed by atoms with Crippen molar-refractivity contribution in [3.63, 3.8) is 0 Å². The Kier molecular flexibility index (Phi) is 3.27. The molecule has 0 atom stereocenters. The largest absolute Gasteiger partial charge is 0.481 e. The first kappa shape index (κ1) is 11.2. The number of carbonyl (C=O) groups is 1. The van der Waals surface area contributed by atoms with Crippen LogP contribution >= 0.6 is 0 Å². The van der Waals surface area contributed by atoms with Gasteiger partial charge in [0.05, 0.1) is 5.69 Å². The average Bonchev–Trinajstić information content (AvgIpc) is 2.55. The van der Waals surface area contributed by atoms with E-state index in [9.17, 15) is 4.79 Å². The highest BCUT2D eigenvalue weighted by Gasteiger charge is 2.26. The summed E-state index contributed by atoms with van der Waals surface area (Å²) < 4.78 is 0. The zero-order valence-corrected chi connectivity index (χ0v) is 9.62. The molecule has 1 aliphatic carbocycles. The molecule has 1 aromatic heterocycles. The van der Waals surface area contributed by atoms with Crippen molar-refractivity contribution in [1.82, 2.24) is 10.2 Å². The molecule has 16 heavy (non-hydrogen) atoms. The molecule has 0 amide bonds. The molecule has 1 fully saturated rings. The van der Waals surface area contributed by atoms with Crippen molar-refractivity contribution in [3.05, 3.63) is 17.0 Å². The van der Waals surface area contributed by atoms with Crippen LogP contribution in [-0.2, 0) is 17.6 Å². The minimum absolute atomic E-state index is 0.201. The summed E-state index contributed by atoms with van der Waals surface area (Å²) in [7, 11) is 0. The van der Waals surface area contributed by atoms with Gasteiger partial charge in [0, 0.05) is 18.0 Å². The third-order valence-corrected chi connectivity index (χ3v) is 3.42. The molecule has 1 aromatic rings. The lowest BCUT2D eigenvalue weighted by Gasteiger charge is -2.24. The molecule has 88 valence electrons. The van der Waals surface area contributed by atoms with Gasteiger partial charge in [0.2, 0.25) is 0 Å². The molecule has 0 bridgehead atoms. The molecule has 1 saturated carbocycles. The normalized spacial score (nSPS) is 16.1. The van der Waals surface area contributed by atoms with Gasteiger partial charge in [-0.2, -0.15) is 5.10 Å². The quantitative estimate of drug-likeness (QED) is 0.803. The fourth-order valence-corrected chi connectivity index (χ4v) is 2.24. The van der Waals surface area contributed by atoms with Crippen LogP contribution < -0.4 is 0 Å². The van der Waals surface area contributed by atoms with Gasteiger partial charge in [-0.3, -0.25) is 9.89 Å². The number of hydrogen-bond donors (Lipinski definition) is 2. The topological polar surface area (TPSA) is 66.0 Å². The van der Waals surface area contributed by atoms with E-state index in [2.05, 4.69) is 17.1 Å². The second-order valence-electron chi connectivity index (χ2n) is 4.44. The van der Waals surface area contributed by atoms with E-state index in [-0.39, 0.29) is 6.42 Å². The Hall–Kier alpha value is -1.32. The van der Waals surface area contributed by atoms with E-state index in [0.29, 0.717) is 12.3 Å². The number of carboxylic acid groups (broad SMARTS) is 1. The molecule has 4 heteroatoms. The molecule has 0 aliphatic heterocycles. The maximum atomic E-state index is 10.6. The number of aromatic nitrogens is 2. The van der Waals surface area contributed by atoms with Crippen LogP contribution in [0.4, 0.5) is 0 Å². The van der Waals surface area contributed by atoms with Gasteiger partial charge in [-0.15, -0.1) is 0 Å². The van der Waals surface area contributed by atoms with Crippen LogP contribution in [0.25, 0.3) is 0 Å². The molecule has 1 heterocycles. The molecule has 0 unspecified atom stereocenters. The third kappa shape index (κ3) is 2.10. The van der Waals surface area contributed by atoms with Crippen molar-refractivity contribution < 1.29 is 9.90 Å². The smallest absolute Gasteiger partial charge is 0.303 e. The van der Waals surface area contributed by atoms with Gasteiger partial charge in [-0.1, -0.05) is 13.3 Å². The number of carboxylic acids is 1. The summed E-state index contributed by atoms with van der Waals surface area (Å²) in [5, 5.41) is 16.2. The first-order chi connectivity index (χ1) is 7.72. The Morgan fingerprint density at radius 3 is 2.81 bits per heavy atom. The van der Waals surface area contributed by atoms with Gasteiger partial charge in [0.15, 0.2) is 0 Å². The predicted octanol–water partition coefficient (Wildman–Crippen LogP) is 2.26. The van der Waals surface area contributed by atoms with Gasteiger partial charge in [0.25, 0.3) is 0 Å². The minimum atomic E-state index is -0.734. The average molecular weight is 222 g/mol. The molecular formula is C12H18N2O2. The van der Waals surface area contributed by atoms with Crippen LogP contribution in [0.2, 0.25) is 0 Å². The molecule has 0 saturated heterocycles. The van der Waals surface area contributed by atoms with E-state index < -0.39 is 5.97 Å². The number of aromatic amines is 1. The van der Waals surface area contributed by atoms with E-state index in [0.717, 1.165) is 23.4 Å². The lowest BCUT2D eigenvalue weighted by atomic mass is 9.80. The first-order valence-corrected chi connectivity index (χ1v) is 6.00. The molecule has 2 N–H and O–H groups in total. The summed E-state index contributed by atoms with van der Waals surface area (Å²) in [6.45, 7) is 2.07. The summed E-state index contributed by atoms with van der Waals surface area (Å²) in [5.74, 6) is -0.164. The molecule has 0 radical (unpaired) electrons. The van der Waals surface area contributed by atoms with Gasteiger partial charge >= 0.3 is 5.97 Å².